The van der Waals surface area contributed by atoms with Gasteiger partial charge in [-0.3, -0.25) is 9.78 Å². The van der Waals surface area contributed by atoms with E-state index >= 15 is 0 Å². The van der Waals surface area contributed by atoms with Crippen molar-refractivity contribution in [1.29, 1.82) is 0 Å². The number of aromatic nitrogens is 2. The smallest absolute Gasteiger partial charge is 0.252 e. The molecule has 0 aliphatic carbocycles. The van der Waals surface area contributed by atoms with Crippen LogP contribution in [0.1, 0.15) is 23.0 Å². The number of hydrogen-bond acceptors (Lipinski definition) is 5. The predicted octanol–water partition coefficient (Wildman–Crippen LogP) is 4.70. The fourth-order valence-electron chi connectivity index (χ4n) is 3.15. The predicted molar refractivity (Wildman–Crippen MR) is 118 cm³/mol. The minimum Gasteiger partial charge on any atom is -0.494 e. The van der Waals surface area contributed by atoms with Gasteiger partial charge in [0.25, 0.3) is 5.91 Å². The molecule has 0 saturated heterocycles. The summed E-state index contributed by atoms with van der Waals surface area (Å²) in [6.45, 7) is 2.93. The van der Waals surface area contributed by atoms with Gasteiger partial charge in [-0.25, -0.2) is 4.98 Å². The summed E-state index contributed by atoms with van der Waals surface area (Å²) in [6, 6.07) is 22.6. The van der Waals surface area contributed by atoms with E-state index in [1.807, 2.05) is 73.7 Å². The molecule has 4 rings (SSSR count). The first-order chi connectivity index (χ1) is 14.7. The van der Waals surface area contributed by atoms with E-state index in [-0.39, 0.29) is 5.91 Å². The summed E-state index contributed by atoms with van der Waals surface area (Å²) >= 11 is 0. The zero-order valence-corrected chi connectivity index (χ0v) is 16.6. The molecule has 2 aromatic carbocycles. The normalized spacial score (nSPS) is 10.6. The van der Waals surface area contributed by atoms with Crippen LogP contribution in [-0.2, 0) is 6.54 Å². The van der Waals surface area contributed by atoms with E-state index in [0.29, 0.717) is 24.5 Å². The Morgan fingerprint density at radius 3 is 2.57 bits per heavy atom. The van der Waals surface area contributed by atoms with Crippen LogP contribution in [0.5, 0.6) is 5.75 Å². The van der Waals surface area contributed by atoms with Crippen LogP contribution < -0.4 is 15.4 Å². The third-order valence-electron chi connectivity index (χ3n) is 4.55. The second-order valence-corrected chi connectivity index (χ2v) is 6.66. The molecule has 0 unspecified atom stereocenters. The van der Waals surface area contributed by atoms with Crippen LogP contribution in [0.4, 0.5) is 11.5 Å². The van der Waals surface area contributed by atoms with Crippen molar-refractivity contribution in [2.45, 2.75) is 13.5 Å². The molecule has 2 N–H and O–H groups in total. The number of hydrogen-bond donors (Lipinski definition) is 2. The van der Waals surface area contributed by atoms with Gasteiger partial charge in [0, 0.05) is 17.3 Å². The average molecular weight is 398 g/mol. The number of nitrogens with one attached hydrogen (secondary N) is 2. The maximum absolute atomic E-state index is 12.9. The van der Waals surface area contributed by atoms with Crippen molar-refractivity contribution in [1.82, 2.24) is 15.3 Å². The quantitative estimate of drug-likeness (QED) is 0.472. The molecule has 2 heterocycles. The van der Waals surface area contributed by atoms with Gasteiger partial charge in [-0.05, 0) is 55.5 Å². The maximum atomic E-state index is 12.9. The topological polar surface area (TPSA) is 76.1 Å². The highest BCUT2D eigenvalue weighted by atomic mass is 16.5. The fraction of sp³-hybridized carbons (Fsp3) is 0.125. The van der Waals surface area contributed by atoms with Crippen molar-refractivity contribution in [3.8, 4) is 5.75 Å². The first-order valence-corrected chi connectivity index (χ1v) is 9.80. The summed E-state index contributed by atoms with van der Waals surface area (Å²) in [4.78, 5) is 21.8. The van der Waals surface area contributed by atoms with Gasteiger partial charge in [0.1, 0.15) is 11.6 Å². The van der Waals surface area contributed by atoms with E-state index in [1.165, 1.54) is 0 Å². The highest BCUT2D eigenvalue weighted by Gasteiger charge is 2.13. The fourth-order valence-corrected chi connectivity index (χ4v) is 3.15. The average Bonchev–Trinajstić information content (AvgIpc) is 2.79. The van der Waals surface area contributed by atoms with Crippen LogP contribution >= 0.6 is 0 Å². The lowest BCUT2D eigenvalue weighted by Crippen LogP contribution is -2.23. The van der Waals surface area contributed by atoms with Gasteiger partial charge in [-0.2, -0.15) is 0 Å². The van der Waals surface area contributed by atoms with E-state index in [1.54, 1.807) is 12.3 Å². The lowest BCUT2D eigenvalue weighted by atomic mass is 10.1. The van der Waals surface area contributed by atoms with Crippen molar-refractivity contribution in [3.05, 3.63) is 90.3 Å². The molecule has 6 heteroatoms. The summed E-state index contributed by atoms with van der Waals surface area (Å²) in [5.74, 6) is 1.24. The largest absolute Gasteiger partial charge is 0.494 e. The highest BCUT2D eigenvalue weighted by Crippen LogP contribution is 2.24. The van der Waals surface area contributed by atoms with Crippen molar-refractivity contribution in [2.75, 3.05) is 11.9 Å². The molecule has 0 atom stereocenters. The minimum absolute atomic E-state index is 0.172. The van der Waals surface area contributed by atoms with Gasteiger partial charge in [0.2, 0.25) is 0 Å². The lowest BCUT2D eigenvalue weighted by molar-refractivity contribution is 0.0952. The van der Waals surface area contributed by atoms with Gasteiger partial charge in [0.15, 0.2) is 0 Å². The van der Waals surface area contributed by atoms with Crippen LogP contribution in [0.25, 0.3) is 10.9 Å². The number of rotatable bonds is 7. The van der Waals surface area contributed by atoms with Crippen molar-refractivity contribution in [2.24, 2.45) is 0 Å². The Kier molecular flexibility index (Phi) is 5.85. The molecule has 1 amide bonds. The lowest BCUT2D eigenvalue weighted by Gasteiger charge is -2.12. The molecule has 0 radical (unpaired) electrons. The number of carbonyl (C=O) groups is 1. The van der Waals surface area contributed by atoms with Crippen LogP contribution in [0, 0.1) is 0 Å². The van der Waals surface area contributed by atoms with Crippen molar-refractivity contribution in [3.63, 3.8) is 0 Å². The molecule has 30 heavy (non-hydrogen) atoms. The van der Waals surface area contributed by atoms with Crippen LogP contribution in [-0.4, -0.2) is 22.5 Å². The molecule has 0 aliphatic rings. The van der Waals surface area contributed by atoms with E-state index in [4.69, 9.17) is 4.74 Å². The third kappa shape index (κ3) is 4.55. The number of ether oxygens (including phenoxy) is 1. The summed E-state index contributed by atoms with van der Waals surface area (Å²) in [7, 11) is 0. The van der Waals surface area contributed by atoms with Gasteiger partial charge >= 0.3 is 0 Å². The zero-order chi connectivity index (χ0) is 20.8. The monoisotopic (exact) mass is 398 g/mol. The first-order valence-electron chi connectivity index (χ1n) is 9.80. The van der Waals surface area contributed by atoms with Crippen molar-refractivity contribution < 1.29 is 9.53 Å². The molecular formula is C24H22N4O2. The number of carbonyl (C=O) groups excluding carboxylic acids is 1. The number of amides is 1. The molecule has 0 saturated carbocycles. The number of benzene rings is 2. The van der Waals surface area contributed by atoms with Crippen molar-refractivity contribution >= 4 is 28.3 Å². The molecule has 2 aromatic heterocycles. The zero-order valence-electron chi connectivity index (χ0n) is 16.6. The molecule has 0 bridgehead atoms. The van der Waals surface area contributed by atoms with Gasteiger partial charge in [0.05, 0.1) is 29.9 Å². The van der Waals surface area contributed by atoms with E-state index < -0.39 is 0 Å². The van der Waals surface area contributed by atoms with Crippen LogP contribution in [0.3, 0.4) is 0 Å². The summed E-state index contributed by atoms with van der Waals surface area (Å²) in [5, 5.41) is 7.02. The highest BCUT2D eigenvalue weighted by molar-refractivity contribution is 6.07. The standard InChI is InChI=1S/C24H22N4O2/c1-2-30-19-12-10-17(11-13-19)27-23-15-21(20-8-3-4-9-22(20)28-23)24(29)26-16-18-7-5-6-14-25-18/h3-15H,2,16H2,1H3,(H,26,29)(H,27,28). The maximum Gasteiger partial charge on any atom is 0.252 e. The van der Waals surface area contributed by atoms with Crippen LogP contribution in [0.15, 0.2) is 79.0 Å². The second kappa shape index (κ2) is 9.05. The first kappa shape index (κ1) is 19.4. The van der Waals surface area contributed by atoms with E-state index in [2.05, 4.69) is 20.6 Å². The Bertz CT molecular complexity index is 1140. The molecule has 0 aliphatic heterocycles. The number of pyridine rings is 2. The SMILES string of the molecule is CCOc1ccc(Nc2cc(C(=O)NCc3ccccn3)c3ccccc3n2)cc1. The van der Waals surface area contributed by atoms with Crippen LogP contribution in [0.2, 0.25) is 0 Å². The molecular weight excluding hydrogens is 376 g/mol. The Hall–Kier alpha value is -3.93. The third-order valence-corrected chi connectivity index (χ3v) is 4.55. The summed E-state index contributed by atoms with van der Waals surface area (Å²) < 4.78 is 5.48. The minimum atomic E-state index is -0.172. The molecule has 0 fully saturated rings. The number of fused-ring (bicyclic) bond motifs is 1. The number of para-hydroxylation sites is 1. The molecule has 4 aromatic rings. The molecule has 0 spiro atoms. The second-order valence-electron chi connectivity index (χ2n) is 6.66. The molecule has 6 nitrogen and oxygen atoms in total. The van der Waals surface area contributed by atoms with Gasteiger partial charge in [-0.1, -0.05) is 24.3 Å². The van der Waals surface area contributed by atoms with E-state index in [0.717, 1.165) is 28.0 Å². The summed E-state index contributed by atoms with van der Waals surface area (Å²) in [6.07, 6.45) is 1.71. The Morgan fingerprint density at radius 2 is 1.80 bits per heavy atom. The Balaban J connectivity index is 1.59. The molecule has 150 valence electrons. The Labute approximate surface area is 175 Å². The summed E-state index contributed by atoms with van der Waals surface area (Å²) in [5.41, 5.74) is 2.97. The number of anilines is 2. The number of nitrogens with zero attached hydrogens (tertiary/aromatic N) is 2. The van der Waals surface area contributed by atoms with Gasteiger partial charge < -0.3 is 15.4 Å². The van der Waals surface area contributed by atoms with E-state index in [9.17, 15) is 4.79 Å². The van der Waals surface area contributed by atoms with Gasteiger partial charge in [-0.15, -0.1) is 0 Å². The Morgan fingerprint density at radius 1 is 1.00 bits per heavy atom.